The Hall–Kier alpha value is -1.13. The average molecular weight is 199 g/mol. The van der Waals surface area contributed by atoms with Crippen LogP contribution in [0.3, 0.4) is 0 Å². The van der Waals surface area contributed by atoms with Gasteiger partial charge in [0.25, 0.3) is 0 Å². The summed E-state index contributed by atoms with van der Waals surface area (Å²) in [5, 5.41) is 0. The third-order valence-corrected chi connectivity index (χ3v) is 1.49. The first-order valence-electron chi connectivity index (χ1n) is 4.20. The Labute approximate surface area is 82.4 Å². The Bertz CT molecular complexity index is 265. The number of rotatable bonds is 6. The number of halogens is 1. The van der Waals surface area contributed by atoms with E-state index in [1.54, 1.807) is 19.2 Å². The standard InChI is InChI=1S/C10H12FO3/c1-12-6-7-13-8-14-10-5-3-2-4-9(10)11/h2-4H,6-8H2,1H3. The summed E-state index contributed by atoms with van der Waals surface area (Å²) in [5.41, 5.74) is 0. The molecule has 0 aromatic heterocycles. The number of para-hydroxylation sites is 1. The molecule has 0 amide bonds. The Morgan fingerprint density at radius 1 is 1.43 bits per heavy atom. The number of hydrogen-bond donors (Lipinski definition) is 0. The van der Waals surface area contributed by atoms with Gasteiger partial charge in [0, 0.05) is 13.2 Å². The molecule has 0 saturated heterocycles. The van der Waals surface area contributed by atoms with Crippen molar-refractivity contribution in [3.05, 3.63) is 30.1 Å². The second kappa shape index (κ2) is 6.34. The Morgan fingerprint density at radius 3 is 3.00 bits per heavy atom. The van der Waals surface area contributed by atoms with E-state index in [0.717, 1.165) is 0 Å². The SMILES string of the molecule is COCCOCOc1[c]cccc1F. The lowest BCUT2D eigenvalue weighted by Crippen LogP contribution is -2.08. The smallest absolute Gasteiger partial charge is 0.189 e. The van der Waals surface area contributed by atoms with Crippen LogP contribution in [0.15, 0.2) is 18.2 Å². The third-order valence-electron chi connectivity index (χ3n) is 1.49. The van der Waals surface area contributed by atoms with Gasteiger partial charge in [-0.15, -0.1) is 0 Å². The molecule has 1 aromatic carbocycles. The molecule has 0 unspecified atom stereocenters. The molecule has 0 bridgehead atoms. The first kappa shape index (κ1) is 10.9. The van der Waals surface area contributed by atoms with Crippen LogP contribution in [0.1, 0.15) is 0 Å². The molecule has 1 radical (unpaired) electrons. The van der Waals surface area contributed by atoms with Crippen LogP contribution in [-0.2, 0) is 9.47 Å². The minimum atomic E-state index is -0.442. The molecule has 77 valence electrons. The summed E-state index contributed by atoms with van der Waals surface area (Å²) in [6.45, 7) is 0.913. The van der Waals surface area contributed by atoms with E-state index in [4.69, 9.17) is 14.2 Å². The van der Waals surface area contributed by atoms with Crippen molar-refractivity contribution in [3.8, 4) is 5.75 Å². The van der Waals surface area contributed by atoms with Gasteiger partial charge in [0.05, 0.1) is 13.2 Å². The first-order chi connectivity index (χ1) is 6.84. The predicted octanol–water partition coefficient (Wildman–Crippen LogP) is 1.63. The molecule has 4 heteroatoms. The largest absolute Gasteiger partial charge is 0.464 e. The molecular weight excluding hydrogens is 187 g/mol. The van der Waals surface area contributed by atoms with E-state index in [1.807, 2.05) is 0 Å². The molecule has 3 nitrogen and oxygen atoms in total. The van der Waals surface area contributed by atoms with Gasteiger partial charge >= 0.3 is 0 Å². The summed E-state index contributed by atoms with van der Waals surface area (Å²) in [6.07, 6.45) is 0. The molecule has 0 atom stereocenters. The second-order valence-electron chi connectivity index (χ2n) is 2.51. The van der Waals surface area contributed by atoms with E-state index >= 15 is 0 Å². The monoisotopic (exact) mass is 199 g/mol. The van der Waals surface area contributed by atoms with Crippen molar-refractivity contribution in [3.63, 3.8) is 0 Å². The fourth-order valence-corrected chi connectivity index (χ4v) is 0.813. The Balaban J connectivity index is 2.21. The summed E-state index contributed by atoms with van der Waals surface area (Å²) in [4.78, 5) is 0. The van der Waals surface area contributed by atoms with Crippen molar-refractivity contribution in [2.45, 2.75) is 0 Å². The molecule has 0 aliphatic rings. The maximum Gasteiger partial charge on any atom is 0.189 e. The fraction of sp³-hybridized carbons (Fsp3) is 0.400. The molecule has 0 N–H and O–H groups in total. The highest BCUT2D eigenvalue weighted by molar-refractivity contribution is 5.21. The van der Waals surface area contributed by atoms with Crippen LogP contribution in [-0.4, -0.2) is 27.1 Å². The highest BCUT2D eigenvalue weighted by atomic mass is 19.1. The van der Waals surface area contributed by atoms with E-state index in [1.165, 1.54) is 6.07 Å². The molecule has 0 saturated carbocycles. The summed E-state index contributed by atoms with van der Waals surface area (Å²) >= 11 is 0. The van der Waals surface area contributed by atoms with Gasteiger partial charge in [-0.25, -0.2) is 4.39 Å². The number of ether oxygens (including phenoxy) is 3. The molecule has 0 aliphatic carbocycles. The maximum absolute atomic E-state index is 12.9. The first-order valence-corrected chi connectivity index (χ1v) is 4.20. The summed E-state index contributed by atoms with van der Waals surface area (Å²) in [7, 11) is 1.58. The molecule has 0 fully saturated rings. The maximum atomic E-state index is 12.9. The van der Waals surface area contributed by atoms with Gasteiger partial charge < -0.3 is 14.2 Å². The predicted molar refractivity (Wildman–Crippen MR) is 48.6 cm³/mol. The lowest BCUT2D eigenvalue weighted by Gasteiger charge is -2.06. The highest BCUT2D eigenvalue weighted by Crippen LogP contribution is 2.14. The van der Waals surface area contributed by atoms with Crippen molar-refractivity contribution in [2.75, 3.05) is 27.1 Å². The fourth-order valence-electron chi connectivity index (χ4n) is 0.813. The summed E-state index contributed by atoms with van der Waals surface area (Å²) in [5.74, 6) is -0.368. The van der Waals surface area contributed by atoms with E-state index in [2.05, 4.69) is 6.07 Å². The minimum Gasteiger partial charge on any atom is -0.464 e. The third kappa shape index (κ3) is 3.72. The second-order valence-corrected chi connectivity index (χ2v) is 2.51. The van der Waals surface area contributed by atoms with E-state index in [9.17, 15) is 4.39 Å². The van der Waals surface area contributed by atoms with Crippen LogP contribution < -0.4 is 4.74 Å². The minimum absolute atomic E-state index is 0.000787. The van der Waals surface area contributed by atoms with Crippen LogP contribution in [0.4, 0.5) is 4.39 Å². The van der Waals surface area contributed by atoms with E-state index < -0.39 is 5.82 Å². The zero-order valence-corrected chi connectivity index (χ0v) is 7.96. The van der Waals surface area contributed by atoms with Crippen LogP contribution in [0.25, 0.3) is 0 Å². The van der Waals surface area contributed by atoms with Crippen molar-refractivity contribution < 1.29 is 18.6 Å². The number of methoxy groups -OCH3 is 1. The summed E-state index contributed by atoms with van der Waals surface area (Å²) in [6, 6.07) is 7.05. The zero-order chi connectivity index (χ0) is 10.2. The van der Waals surface area contributed by atoms with E-state index in [0.29, 0.717) is 13.2 Å². The topological polar surface area (TPSA) is 27.7 Å². The normalized spacial score (nSPS) is 10.1. The molecule has 0 spiro atoms. The number of benzene rings is 1. The molecule has 0 heterocycles. The van der Waals surface area contributed by atoms with E-state index in [-0.39, 0.29) is 12.5 Å². The average Bonchev–Trinajstić information content (AvgIpc) is 2.20. The highest BCUT2D eigenvalue weighted by Gasteiger charge is 2.00. The quantitative estimate of drug-likeness (QED) is 0.514. The van der Waals surface area contributed by atoms with Crippen molar-refractivity contribution >= 4 is 0 Å². The molecular formula is C10H12FO3. The molecule has 1 aromatic rings. The van der Waals surface area contributed by atoms with Crippen molar-refractivity contribution in [2.24, 2.45) is 0 Å². The molecule has 1 rings (SSSR count). The lowest BCUT2D eigenvalue weighted by molar-refractivity contribution is -0.0102. The van der Waals surface area contributed by atoms with Gasteiger partial charge in [-0.1, -0.05) is 12.1 Å². The number of hydrogen-bond acceptors (Lipinski definition) is 3. The van der Waals surface area contributed by atoms with Gasteiger partial charge in [-0.05, 0) is 6.07 Å². The molecule has 14 heavy (non-hydrogen) atoms. The summed E-state index contributed by atoms with van der Waals surface area (Å²) < 4.78 is 27.7. The van der Waals surface area contributed by atoms with Gasteiger partial charge in [-0.2, -0.15) is 0 Å². The van der Waals surface area contributed by atoms with Crippen molar-refractivity contribution in [1.82, 2.24) is 0 Å². The van der Waals surface area contributed by atoms with Crippen LogP contribution in [0.2, 0.25) is 0 Å². The zero-order valence-electron chi connectivity index (χ0n) is 7.96. The van der Waals surface area contributed by atoms with Crippen LogP contribution in [0.5, 0.6) is 5.75 Å². The molecule has 0 aliphatic heterocycles. The van der Waals surface area contributed by atoms with Crippen LogP contribution >= 0.6 is 0 Å². The Kier molecular flexibility index (Phi) is 4.96. The lowest BCUT2D eigenvalue weighted by atomic mass is 10.3. The van der Waals surface area contributed by atoms with Gasteiger partial charge in [-0.3, -0.25) is 0 Å². The van der Waals surface area contributed by atoms with Gasteiger partial charge in [0.2, 0.25) is 0 Å². The Morgan fingerprint density at radius 2 is 2.29 bits per heavy atom. The van der Waals surface area contributed by atoms with Gasteiger partial charge in [0.1, 0.15) is 0 Å². The van der Waals surface area contributed by atoms with Crippen LogP contribution in [0, 0.1) is 11.9 Å². The van der Waals surface area contributed by atoms with Crippen molar-refractivity contribution in [1.29, 1.82) is 0 Å². The van der Waals surface area contributed by atoms with Gasteiger partial charge in [0.15, 0.2) is 18.4 Å².